The van der Waals surface area contributed by atoms with E-state index in [1.54, 1.807) is 12.1 Å². The van der Waals surface area contributed by atoms with Crippen LogP contribution in [0.2, 0.25) is 0 Å². The topological polar surface area (TPSA) is 55.2 Å². The standard InChI is InChI=1S/C13H18N2O2/c1-10(2-3-11-4-5-11)14-12-6-8-13(9-7-12)15(16)17/h6-11,14H,2-5H2,1H3. The molecule has 1 aromatic carbocycles. The molecule has 0 aromatic heterocycles. The van der Waals surface area contributed by atoms with Crippen LogP contribution in [0, 0.1) is 16.0 Å². The molecule has 1 saturated carbocycles. The van der Waals surface area contributed by atoms with Gasteiger partial charge in [0, 0.05) is 23.9 Å². The van der Waals surface area contributed by atoms with Crippen LogP contribution in [0.5, 0.6) is 0 Å². The highest BCUT2D eigenvalue weighted by atomic mass is 16.6. The van der Waals surface area contributed by atoms with Crippen LogP contribution in [0.4, 0.5) is 11.4 Å². The first kappa shape index (κ1) is 11.9. The summed E-state index contributed by atoms with van der Waals surface area (Å²) in [7, 11) is 0. The van der Waals surface area contributed by atoms with Crippen molar-refractivity contribution in [3.05, 3.63) is 34.4 Å². The van der Waals surface area contributed by atoms with Crippen LogP contribution in [0.1, 0.15) is 32.6 Å². The van der Waals surface area contributed by atoms with Gasteiger partial charge >= 0.3 is 0 Å². The zero-order valence-corrected chi connectivity index (χ0v) is 10.1. The van der Waals surface area contributed by atoms with E-state index in [0.717, 1.165) is 11.6 Å². The van der Waals surface area contributed by atoms with Gasteiger partial charge in [-0.3, -0.25) is 10.1 Å². The molecule has 1 fully saturated rings. The van der Waals surface area contributed by atoms with Gasteiger partial charge in [-0.1, -0.05) is 12.8 Å². The van der Waals surface area contributed by atoms with E-state index in [1.807, 2.05) is 0 Å². The number of anilines is 1. The van der Waals surface area contributed by atoms with E-state index < -0.39 is 0 Å². The van der Waals surface area contributed by atoms with Crippen molar-refractivity contribution in [2.24, 2.45) is 5.92 Å². The third-order valence-corrected chi connectivity index (χ3v) is 3.20. The number of nitrogens with one attached hydrogen (secondary N) is 1. The monoisotopic (exact) mass is 234 g/mol. The van der Waals surface area contributed by atoms with E-state index in [9.17, 15) is 10.1 Å². The van der Waals surface area contributed by atoms with Crippen LogP contribution in [0.3, 0.4) is 0 Å². The zero-order valence-electron chi connectivity index (χ0n) is 10.1. The van der Waals surface area contributed by atoms with Gasteiger partial charge in [0.25, 0.3) is 5.69 Å². The molecule has 4 nitrogen and oxygen atoms in total. The van der Waals surface area contributed by atoms with Crippen molar-refractivity contribution in [3.8, 4) is 0 Å². The zero-order chi connectivity index (χ0) is 12.3. The smallest absolute Gasteiger partial charge is 0.269 e. The fraction of sp³-hybridized carbons (Fsp3) is 0.538. The van der Waals surface area contributed by atoms with Crippen molar-refractivity contribution in [3.63, 3.8) is 0 Å². The number of rotatable bonds is 6. The average molecular weight is 234 g/mol. The summed E-state index contributed by atoms with van der Waals surface area (Å²) in [6, 6.07) is 7.04. The van der Waals surface area contributed by atoms with E-state index in [0.29, 0.717) is 6.04 Å². The highest BCUT2D eigenvalue weighted by Gasteiger charge is 2.21. The Morgan fingerprint density at radius 1 is 1.41 bits per heavy atom. The Balaban J connectivity index is 1.82. The second-order valence-corrected chi connectivity index (χ2v) is 4.87. The first-order valence-electron chi connectivity index (χ1n) is 6.16. The number of hydrogen-bond donors (Lipinski definition) is 1. The first-order chi connectivity index (χ1) is 8.15. The van der Waals surface area contributed by atoms with Crippen molar-refractivity contribution in [1.29, 1.82) is 0 Å². The molecule has 0 spiro atoms. The molecule has 1 N–H and O–H groups in total. The normalized spacial score (nSPS) is 16.5. The lowest BCUT2D eigenvalue weighted by molar-refractivity contribution is -0.384. The maximum Gasteiger partial charge on any atom is 0.269 e. The summed E-state index contributed by atoms with van der Waals surface area (Å²) >= 11 is 0. The molecule has 92 valence electrons. The molecular formula is C13H18N2O2. The molecule has 4 heteroatoms. The Kier molecular flexibility index (Phi) is 3.61. The minimum atomic E-state index is -0.375. The van der Waals surface area contributed by atoms with Gasteiger partial charge < -0.3 is 5.32 Å². The molecule has 0 aliphatic heterocycles. The molecule has 0 bridgehead atoms. The predicted molar refractivity (Wildman–Crippen MR) is 68.1 cm³/mol. The van der Waals surface area contributed by atoms with Gasteiger partial charge in [-0.05, 0) is 37.8 Å². The summed E-state index contributed by atoms with van der Waals surface area (Å²) in [6.07, 6.45) is 5.25. The molecule has 0 radical (unpaired) electrons. The summed E-state index contributed by atoms with van der Waals surface area (Å²) in [6.45, 7) is 2.16. The van der Waals surface area contributed by atoms with Gasteiger partial charge in [-0.15, -0.1) is 0 Å². The van der Waals surface area contributed by atoms with Crippen LogP contribution in [-0.4, -0.2) is 11.0 Å². The Bertz CT molecular complexity index is 385. The van der Waals surface area contributed by atoms with Gasteiger partial charge in [0.15, 0.2) is 0 Å². The number of non-ortho nitro benzene ring substituents is 1. The molecule has 17 heavy (non-hydrogen) atoms. The Morgan fingerprint density at radius 3 is 2.59 bits per heavy atom. The summed E-state index contributed by atoms with van der Waals surface area (Å²) in [5, 5.41) is 13.9. The molecule has 1 atom stereocenters. The second-order valence-electron chi connectivity index (χ2n) is 4.87. The largest absolute Gasteiger partial charge is 0.383 e. The maximum absolute atomic E-state index is 10.5. The molecular weight excluding hydrogens is 216 g/mol. The predicted octanol–water partition coefficient (Wildman–Crippen LogP) is 3.59. The molecule has 1 aromatic rings. The summed E-state index contributed by atoms with van der Waals surface area (Å²) in [5.41, 5.74) is 1.10. The first-order valence-corrected chi connectivity index (χ1v) is 6.16. The highest BCUT2D eigenvalue weighted by molar-refractivity contribution is 5.48. The van der Waals surface area contributed by atoms with E-state index in [-0.39, 0.29) is 10.6 Å². The van der Waals surface area contributed by atoms with E-state index in [2.05, 4.69) is 12.2 Å². The molecule has 1 unspecified atom stereocenters. The molecule has 0 amide bonds. The van der Waals surface area contributed by atoms with Crippen molar-refractivity contribution in [2.45, 2.75) is 38.6 Å². The Labute approximate surface area is 101 Å². The lowest BCUT2D eigenvalue weighted by Gasteiger charge is -2.14. The second kappa shape index (κ2) is 5.17. The SMILES string of the molecule is CC(CCC1CC1)Nc1ccc([N+](=O)[O-])cc1. The summed E-state index contributed by atoms with van der Waals surface area (Å²) in [5.74, 6) is 0.955. The molecule has 0 heterocycles. The van der Waals surface area contributed by atoms with Crippen molar-refractivity contribution >= 4 is 11.4 Å². The average Bonchev–Trinajstić information content (AvgIpc) is 3.11. The fourth-order valence-corrected chi connectivity index (χ4v) is 1.93. The van der Waals surface area contributed by atoms with Crippen LogP contribution in [-0.2, 0) is 0 Å². The lowest BCUT2D eigenvalue weighted by atomic mass is 10.1. The minimum Gasteiger partial charge on any atom is -0.383 e. The molecule has 2 rings (SSSR count). The Morgan fingerprint density at radius 2 is 2.06 bits per heavy atom. The third-order valence-electron chi connectivity index (χ3n) is 3.20. The fourth-order valence-electron chi connectivity index (χ4n) is 1.93. The Hall–Kier alpha value is -1.58. The minimum absolute atomic E-state index is 0.140. The quantitative estimate of drug-likeness (QED) is 0.604. The van der Waals surface area contributed by atoms with Crippen LogP contribution < -0.4 is 5.32 Å². The van der Waals surface area contributed by atoms with E-state index in [1.165, 1.54) is 37.8 Å². The van der Waals surface area contributed by atoms with Gasteiger partial charge in [0.05, 0.1) is 4.92 Å². The summed E-state index contributed by atoms with van der Waals surface area (Å²) in [4.78, 5) is 10.1. The van der Waals surface area contributed by atoms with Crippen LogP contribution in [0.15, 0.2) is 24.3 Å². The van der Waals surface area contributed by atoms with Crippen molar-refractivity contribution in [1.82, 2.24) is 0 Å². The van der Waals surface area contributed by atoms with Crippen LogP contribution >= 0.6 is 0 Å². The molecule has 1 aliphatic rings. The van der Waals surface area contributed by atoms with Gasteiger partial charge in [0.2, 0.25) is 0 Å². The van der Waals surface area contributed by atoms with Gasteiger partial charge in [0.1, 0.15) is 0 Å². The number of nitro groups is 1. The third kappa shape index (κ3) is 3.73. The number of nitrogens with zero attached hydrogens (tertiary/aromatic N) is 1. The van der Waals surface area contributed by atoms with Crippen molar-refractivity contribution < 1.29 is 4.92 Å². The van der Waals surface area contributed by atoms with E-state index >= 15 is 0 Å². The number of hydrogen-bond acceptors (Lipinski definition) is 3. The highest BCUT2D eigenvalue weighted by Crippen LogP contribution is 2.34. The van der Waals surface area contributed by atoms with Gasteiger partial charge in [-0.25, -0.2) is 0 Å². The van der Waals surface area contributed by atoms with Gasteiger partial charge in [-0.2, -0.15) is 0 Å². The van der Waals surface area contributed by atoms with Crippen molar-refractivity contribution in [2.75, 3.05) is 5.32 Å². The lowest BCUT2D eigenvalue weighted by Crippen LogP contribution is -2.15. The van der Waals surface area contributed by atoms with Crippen LogP contribution in [0.25, 0.3) is 0 Å². The molecule has 1 aliphatic carbocycles. The number of nitro benzene ring substituents is 1. The molecule has 0 saturated heterocycles. The van der Waals surface area contributed by atoms with E-state index in [4.69, 9.17) is 0 Å². The number of benzene rings is 1. The summed E-state index contributed by atoms with van der Waals surface area (Å²) < 4.78 is 0. The maximum atomic E-state index is 10.5.